The normalized spacial score (nSPS) is 16.6. The number of allylic oxidation sites excluding steroid dienone is 4. The van der Waals surface area contributed by atoms with E-state index in [1.54, 1.807) is 3.33 Å². The molecule has 0 saturated carbocycles. The maximum atomic E-state index is 12.8. The van der Waals surface area contributed by atoms with E-state index in [1.165, 1.54) is 16.7 Å². The SMILES string of the molecule is CC1=C(C)C(C)[C]([Hf+2]([NH]C(=O)c2ccccc2C)[SiH](C)C)=C1C.[Cl-].[Cl-]. The first-order valence-corrected chi connectivity index (χ1v) is 21.1. The molecule has 137 valence electrons. The summed E-state index contributed by atoms with van der Waals surface area (Å²) in [5, 5.41) is 0. The first kappa shape index (κ1) is 24.8. The van der Waals surface area contributed by atoms with Crippen LogP contribution in [0.15, 0.2) is 44.3 Å². The Kier molecular flexibility index (Phi) is 10.2. The van der Waals surface area contributed by atoms with E-state index in [-0.39, 0.29) is 30.7 Å². The summed E-state index contributed by atoms with van der Waals surface area (Å²) in [7, 11) is 0. The topological polar surface area (TPSA) is 29.1 Å². The van der Waals surface area contributed by atoms with E-state index in [0.717, 1.165) is 11.1 Å². The molecular weight excluding hydrogens is 536 g/mol. The Morgan fingerprint density at radius 3 is 2.04 bits per heavy atom. The van der Waals surface area contributed by atoms with Gasteiger partial charge >= 0.3 is 150 Å². The zero-order chi connectivity index (χ0) is 17.3. The molecule has 1 aromatic rings. The van der Waals surface area contributed by atoms with Crippen molar-refractivity contribution in [3.63, 3.8) is 0 Å². The second-order valence-electron chi connectivity index (χ2n) is 6.91. The molecule has 0 aliphatic heterocycles. The number of amides is 1. The molecule has 0 saturated heterocycles. The zero-order valence-corrected chi connectivity index (χ0v) is 22.4. The number of hydrogen-bond donors (Lipinski definition) is 1. The van der Waals surface area contributed by atoms with Gasteiger partial charge in [-0.1, -0.05) is 0 Å². The van der Waals surface area contributed by atoms with Gasteiger partial charge in [-0.3, -0.25) is 0 Å². The fraction of sp³-hybridized carbons (Fsp3) is 0.421. The molecule has 2 nitrogen and oxygen atoms in total. The third kappa shape index (κ3) is 5.18. The van der Waals surface area contributed by atoms with Gasteiger partial charge in [-0.15, -0.1) is 0 Å². The molecule has 2 rings (SSSR count). The molecule has 0 fully saturated rings. The fourth-order valence-corrected chi connectivity index (χ4v) is 25.4. The van der Waals surface area contributed by atoms with E-state index in [2.05, 4.69) is 44.1 Å². The second-order valence-corrected chi connectivity index (χ2v) is 32.2. The number of halogens is 2. The van der Waals surface area contributed by atoms with Crippen molar-refractivity contribution >= 4 is 11.9 Å². The molecule has 1 aliphatic carbocycles. The summed E-state index contributed by atoms with van der Waals surface area (Å²) in [6.45, 7) is 15.9. The van der Waals surface area contributed by atoms with Crippen molar-refractivity contribution in [1.82, 2.24) is 3.30 Å². The van der Waals surface area contributed by atoms with E-state index >= 15 is 0 Å². The number of carbonyl (C=O) groups excluding carboxylic acids is 1. The van der Waals surface area contributed by atoms with Gasteiger partial charge in [0.15, 0.2) is 0 Å². The van der Waals surface area contributed by atoms with Crippen molar-refractivity contribution in [1.29, 1.82) is 0 Å². The summed E-state index contributed by atoms with van der Waals surface area (Å²) >= 11 is -2.30. The summed E-state index contributed by atoms with van der Waals surface area (Å²) < 4.78 is 5.22. The van der Waals surface area contributed by atoms with Gasteiger partial charge in [-0.05, 0) is 0 Å². The van der Waals surface area contributed by atoms with E-state index in [9.17, 15) is 4.79 Å². The molecule has 6 heteroatoms. The standard InChI is InChI=1S/C9H13.C8H9NO.C2H7Si.2ClH.Hf/c1-6-5-7(2)9(4)8(6)3;1-6-4-2-3-5-7(6)8(9)10;1-3-2;;;/h6H,1-4H3;2-5H,1H3,(H2,9,10);3H,1-2H3;2*1H;/q;;;;;+3/p-3. The molecule has 0 spiro atoms. The maximum Gasteiger partial charge on any atom is -1.00 e. The van der Waals surface area contributed by atoms with E-state index in [4.69, 9.17) is 0 Å². The molecular formula is C19H28Cl2HfNOSi. The zero-order valence-electron chi connectivity index (χ0n) is 16.1. The van der Waals surface area contributed by atoms with Crippen LogP contribution in [-0.4, -0.2) is 11.9 Å². The predicted octanol–water partition coefficient (Wildman–Crippen LogP) is -1.49. The molecule has 25 heavy (non-hydrogen) atoms. The van der Waals surface area contributed by atoms with E-state index < -0.39 is 26.9 Å². The molecule has 1 aliphatic rings. The minimum atomic E-state index is -2.30. The van der Waals surface area contributed by atoms with Crippen LogP contribution >= 0.6 is 0 Å². The molecule has 1 amide bonds. The summed E-state index contributed by atoms with van der Waals surface area (Å²) in [6.07, 6.45) is 0. The molecule has 0 aromatic heterocycles. The third-order valence-corrected chi connectivity index (χ3v) is 29.2. The monoisotopic (exact) mass is 564 g/mol. The number of aryl methyl sites for hydroxylation is 1. The van der Waals surface area contributed by atoms with Crippen LogP contribution in [0.2, 0.25) is 13.1 Å². The first-order chi connectivity index (χ1) is 10.8. The van der Waals surface area contributed by atoms with Gasteiger partial charge < -0.3 is 24.8 Å². The van der Waals surface area contributed by atoms with Gasteiger partial charge in [0.05, 0.1) is 0 Å². The van der Waals surface area contributed by atoms with Gasteiger partial charge in [0.2, 0.25) is 0 Å². The Labute approximate surface area is 173 Å². The number of nitrogens with one attached hydrogen (secondary N) is 1. The van der Waals surface area contributed by atoms with Crippen molar-refractivity contribution < 1.29 is 50.5 Å². The van der Waals surface area contributed by atoms with Crippen LogP contribution in [0.5, 0.6) is 0 Å². The third-order valence-electron chi connectivity index (χ3n) is 5.15. The molecule has 1 unspecified atom stereocenters. The van der Waals surface area contributed by atoms with Crippen LogP contribution in [0.4, 0.5) is 0 Å². The van der Waals surface area contributed by atoms with Crippen molar-refractivity contribution in [2.75, 3.05) is 0 Å². The fourth-order valence-electron chi connectivity index (χ4n) is 3.34. The number of carbonyl (C=O) groups is 1. The molecule has 0 radical (unpaired) electrons. The minimum Gasteiger partial charge on any atom is -1.00 e. The Morgan fingerprint density at radius 2 is 1.60 bits per heavy atom. The van der Waals surface area contributed by atoms with Crippen LogP contribution in [0, 0.1) is 12.8 Å². The largest absolute Gasteiger partial charge is 1.00 e. The van der Waals surface area contributed by atoms with Gasteiger partial charge in [0.1, 0.15) is 0 Å². The molecule has 0 bridgehead atoms. The first-order valence-electron chi connectivity index (χ1n) is 8.38. The molecule has 0 heterocycles. The van der Waals surface area contributed by atoms with Crippen molar-refractivity contribution in [3.05, 3.63) is 55.4 Å². The van der Waals surface area contributed by atoms with Crippen molar-refractivity contribution in [3.8, 4) is 0 Å². The summed E-state index contributed by atoms with van der Waals surface area (Å²) in [5.41, 5.74) is 6.34. The predicted molar refractivity (Wildman–Crippen MR) is 97.8 cm³/mol. The van der Waals surface area contributed by atoms with E-state index in [1.807, 2.05) is 31.2 Å². The Morgan fingerprint density at radius 1 is 1.04 bits per heavy atom. The second kappa shape index (κ2) is 10.2. The smallest absolute Gasteiger partial charge is 1.00 e. The van der Waals surface area contributed by atoms with Crippen molar-refractivity contribution in [2.24, 2.45) is 5.92 Å². The number of hydrogen-bond acceptors (Lipinski definition) is 1. The maximum absolute atomic E-state index is 12.8. The molecule has 1 aromatic carbocycles. The number of rotatable bonds is 4. The van der Waals surface area contributed by atoms with Gasteiger partial charge in [0, 0.05) is 0 Å². The quantitative estimate of drug-likeness (QED) is 0.445. The average molecular weight is 564 g/mol. The summed E-state index contributed by atoms with van der Waals surface area (Å²) in [6, 6.07) is 7.92. The van der Waals surface area contributed by atoms with Crippen LogP contribution in [0.1, 0.15) is 43.6 Å². The van der Waals surface area contributed by atoms with Crippen molar-refractivity contribution in [2.45, 2.75) is 47.7 Å². The minimum absolute atomic E-state index is 0. The van der Waals surface area contributed by atoms with Gasteiger partial charge in [-0.25, -0.2) is 0 Å². The van der Waals surface area contributed by atoms with E-state index in [0.29, 0.717) is 5.92 Å². The van der Waals surface area contributed by atoms with Crippen LogP contribution in [-0.2, 0) is 20.9 Å². The van der Waals surface area contributed by atoms with Crippen LogP contribution in [0.25, 0.3) is 0 Å². The Hall–Kier alpha value is -0.163. The van der Waals surface area contributed by atoms with Gasteiger partial charge in [0.25, 0.3) is 0 Å². The summed E-state index contributed by atoms with van der Waals surface area (Å²) in [5.74, 6) is -0.183. The molecule has 1 N–H and O–H groups in total. The summed E-state index contributed by atoms with van der Waals surface area (Å²) in [4.78, 5) is 12.8. The molecule has 1 atom stereocenters. The number of benzene rings is 1. The Balaban J connectivity index is 0.00000288. The van der Waals surface area contributed by atoms with Crippen LogP contribution in [0.3, 0.4) is 0 Å². The van der Waals surface area contributed by atoms with Crippen LogP contribution < -0.4 is 28.1 Å². The Bertz CT molecular complexity index is 700. The van der Waals surface area contributed by atoms with Gasteiger partial charge in [-0.2, -0.15) is 0 Å². The average Bonchev–Trinajstić information content (AvgIpc) is 2.69.